The Kier molecular flexibility index (Phi) is 2.35. The molecule has 1 unspecified atom stereocenters. The number of aromatic nitrogens is 3. The summed E-state index contributed by atoms with van der Waals surface area (Å²) in [5, 5.41) is 17.9. The third kappa shape index (κ3) is 1.54. The van der Waals surface area contributed by atoms with Gasteiger partial charge in [0.25, 0.3) is 0 Å². The molecule has 90 valence electrons. The molecule has 3 heterocycles. The highest BCUT2D eigenvalue weighted by atomic mass is 79.9. The first-order valence-corrected chi connectivity index (χ1v) is 6.12. The van der Waals surface area contributed by atoms with Crippen molar-refractivity contribution in [3.8, 4) is 0 Å². The van der Waals surface area contributed by atoms with Gasteiger partial charge in [-0.2, -0.15) is 5.10 Å². The lowest BCUT2D eigenvalue weighted by atomic mass is 9.99. The van der Waals surface area contributed by atoms with Crippen molar-refractivity contribution in [2.45, 2.75) is 12.0 Å². The molecule has 0 aromatic carbocycles. The minimum atomic E-state index is -0.893. The van der Waals surface area contributed by atoms with E-state index in [1.165, 1.54) is 6.33 Å². The number of nitrogen functional groups attached to an aromatic ring is 1. The van der Waals surface area contributed by atoms with E-state index in [4.69, 9.17) is 5.73 Å². The van der Waals surface area contributed by atoms with E-state index in [1.54, 1.807) is 4.52 Å². The molecule has 1 saturated heterocycles. The Morgan fingerprint density at radius 1 is 1.59 bits per heavy atom. The van der Waals surface area contributed by atoms with E-state index in [2.05, 4.69) is 31.3 Å². The molecule has 17 heavy (non-hydrogen) atoms. The topological polar surface area (TPSA) is 88.5 Å². The molecule has 1 aliphatic heterocycles. The molecule has 1 fully saturated rings. The average Bonchev–Trinajstić information content (AvgIpc) is 2.86. The van der Waals surface area contributed by atoms with Crippen molar-refractivity contribution in [3.05, 3.63) is 22.6 Å². The molecule has 0 amide bonds. The highest BCUT2D eigenvalue weighted by Crippen LogP contribution is 2.34. The van der Waals surface area contributed by atoms with Crippen LogP contribution < -0.4 is 11.1 Å². The second-order valence-electron chi connectivity index (χ2n) is 4.24. The molecule has 3 rings (SSSR count). The molecule has 0 saturated carbocycles. The van der Waals surface area contributed by atoms with E-state index in [9.17, 15) is 5.11 Å². The van der Waals surface area contributed by atoms with Crippen LogP contribution in [0.15, 0.2) is 16.9 Å². The lowest BCUT2D eigenvalue weighted by molar-refractivity contribution is 0.0523. The summed E-state index contributed by atoms with van der Waals surface area (Å²) in [7, 11) is 0. The highest BCUT2D eigenvalue weighted by Gasteiger charge is 2.36. The van der Waals surface area contributed by atoms with Crippen LogP contribution in [0.2, 0.25) is 0 Å². The summed E-state index contributed by atoms with van der Waals surface area (Å²) in [4.78, 5) is 3.95. The van der Waals surface area contributed by atoms with E-state index in [1.807, 2.05) is 6.07 Å². The van der Waals surface area contributed by atoms with Crippen molar-refractivity contribution in [3.63, 3.8) is 0 Å². The smallest absolute Gasteiger partial charge is 0.152 e. The standard InChI is InChI=1S/C10H12BrN5O/c11-6-3-7(10(17)1-2-13-4-10)16-8(6)9(12)14-5-15-16/h3,5,13,17H,1-2,4H2,(H2,12,14,15). The zero-order valence-electron chi connectivity index (χ0n) is 9.02. The molecular formula is C10H12BrN5O. The summed E-state index contributed by atoms with van der Waals surface area (Å²) in [5.74, 6) is 0.396. The van der Waals surface area contributed by atoms with Crippen LogP contribution in [0.4, 0.5) is 5.82 Å². The normalized spacial score (nSPS) is 24.6. The minimum Gasteiger partial charge on any atom is -0.382 e. The van der Waals surface area contributed by atoms with Crippen molar-refractivity contribution in [1.29, 1.82) is 0 Å². The zero-order chi connectivity index (χ0) is 12.0. The number of anilines is 1. The van der Waals surface area contributed by atoms with E-state index in [0.29, 0.717) is 24.3 Å². The lowest BCUT2D eigenvalue weighted by Gasteiger charge is -2.20. The number of nitrogens with one attached hydrogen (secondary N) is 1. The number of hydrogen-bond acceptors (Lipinski definition) is 5. The molecule has 1 aliphatic rings. The van der Waals surface area contributed by atoms with Gasteiger partial charge in [0.2, 0.25) is 0 Å². The van der Waals surface area contributed by atoms with E-state index in [0.717, 1.165) is 16.7 Å². The summed E-state index contributed by atoms with van der Waals surface area (Å²) >= 11 is 3.43. The maximum atomic E-state index is 10.6. The quantitative estimate of drug-likeness (QED) is 0.702. The fraction of sp³-hybridized carbons (Fsp3) is 0.400. The molecule has 2 aromatic heterocycles. The van der Waals surface area contributed by atoms with Crippen LogP contribution in [0.1, 0.15) is 12.1 Å². The zero-order valence-corrected chi connectivity index (χ0v) is 10.6. The second-order valence-corrected chi connectivity index (χ2v) is 5.10. The van der Waals surface area contributed by atoms with Crippen LogP contribution in [0.25, 0.3) is 5.52 Å². The number of halogens is 1. The van der Waals surface area contributed by atoms with Gasteiger partial charge in [-0.1, -0.05) is 0 Å². The van der Waals surface area contributed by atoms with Crippen LogP contribution >= 0.6 is 15.9 Å². The molecule has 4 N–H and O–H groups in total. The predicted octanol–water partition coefficient (Wildman–Crippen LogP) is 0.255. The molecule has 2 aromatic rings. The Labute approximate surface area is 106 Å². The van der Waals surface area contributed by atoms with Crippen molar-refractivity contribution < 1.29 is 5.11 Å². The van der Waals surface area contributed by atoms with Crippen LogP contribution in [-0.4, -0.2) is 32.8 Å². The van der Waals surface area contributed by atoms with Gasteiger partial charge in [-0.25, -0.2) is 9.50 Å². The Morgan fingerprint density at radius 2 is 2.41 bits per heavy atom. The van der Waals surface area contributed by atoms with Gasteiger partial charge in [0, 0.05) is 11.0 Å². The van der Waals surface area contributed by atoms with Gasteiger partial charge in [-0.05, 0) is 35.0 Å². The molecule has 6 nitrogen and oxygen atoms in total. The van der Waals surface area contributed by atoms with Crippen molar-refractivity contribution >= 4 is 27.3 Å². The Balaban J connectivity index is 2.28. The van der Waals surface area contributed by atoms with Gasteiger partial charge in [0.15, 0.2) is 5.82 Å². The Hall–Kier alpha value is -1.18. The molecule has 0 radical (unpaired) electrons. The van der Waals surface area contributed by atoms with Crippen molar-refractivity contribution in [2.24, 2.45) is 0 Å². The second kappa shape index (κ2) is 3.66. The molecule has 7 heteroatoms. The molecule has 0 aliphatic carbocycles. The van der Waals surface area contributed by atoms with Crippen LogP contribution in [0.5, 0.6) is 0 Å². The maximum Gasteiger partial charge on any atom is 0.152 e. The molecule has 0 spiro atoms. The van der Waals surface area contributed by atoms with Crippen LogP contribution in [-0.2, 0) is 5.60 Å². The first kappa shape index (κ1) is 10.9. The largest absolute Gasteiger partial charge is 0.382 e. The number of nitrogens with zero attached hydrogens (tertiary/aromatic N) is 3. The van der Waals surface area contributed by atoms with Gasteiger partial charge in [-0.15, -0.1) is 0 Å². The monoisotopic (exact) mass is 297 g/mol. The first-order valence-electron chi connectivity index (χ1n) is 5.33. The Morgan fingerprint density at radius 3 is 3.12 bits per heavy atom. The van der Waals surface area contributed by atoms with Crippen molar-refractivity contribution in [1.82, 2.24) is 19.9 Å². The van der Waals surface area contributed by atoms with Crippen LogP contribution in [0.3, 0.4) is 0 Å². The lowest BCUT2D eigenvalue weighted by Crippen LogP contribution is -2.30. The average molecular weight is 298 g/mol. The summed E-state index contributed by atoms with van der Waals surface area (Å²) < 4.78 is 2.45. The summed E-state index contributed by atoms with van der Waals surface area (Å²) in [5.41, 5.74) is 6.35. The molecule has 0 bridgehead atoms. The first-order chi connectivity index (χ1) is 8.12. The van der Waals surface area contributed by atoms with Gasteiger partial charge in [0.1, 0.15) is 17.4 Å². The van der Waals surface area contributed by atoms with Gasteiger partial charge < -0.3 is 16.2 Å². The third-order valence-electron chi connectivity index (χ3n) is 3.15. The maximum absolute atomic E-state index is 10.6. The molecular weight excluding hydrogens is 286 g/mol. The van der Waals surface area contributed by atoms with Gasteiger partial charge in [-0.3, -0.25) is 0 Å². The molecule has 1 atom stereocenters. The number of β-amino-alcohol motifs (C(OH)–C–C–N with tert-alkyl or cyclic N) is 1. The van der Waals surface area contributed by atoms with Gasteiger partial charge >= 0.3 is 0 Å². The van der Waals surface area contributed by atoms with E-state index >= 15 is 0 Å². The summed E-state index contributed by atoms with van der Waals surface area (Å²) in [6.07, 6.45) is 2.06. The van der Waals surface area contributed by atoms with Gasteiger partial charge in [0.05, 0.1) is 5.69 Å². The fourth-order valence-corrected chi connectivity index (χ4v) is 2.84. The van der Waals surface area contributed by atoms with E-state index < -0.39 is 5.60 Å². The van der Waals surface area contributed by atoms with Crippen molar-refractivity contribution in [2.75, 3.05) is 18.8 Å². The van der Waals surface area contributed by atoms with Crippen LogP contribution in [0, 0.1) is 0 Å². The minimum absolute atomic E-state index is 0.396. The summed E-state index contributed by atoms with van der Waals surface area (Å²) in [6, 6.07) is 1.85. The number of aliphatic hydroxyl groups is 1. The predicted molar refractivity (Wildman–Crippen MR) is 66.5 cm³/mol. The Bertz CT molecular complexity index is 575. The third-order valence-corrected chi connectivity index (χ3v) is 3.75. The van der Waals surface area contributed by atoms with E-state index in [-0.39, 0.29) is 0 Å². The number of fused-ring (bicyclic) bond motifs is 1. The SMILES string of the molecule is Nc1ncnn2c(C3(O)CCNC3)cc(Br)c12. The fourth-order valence-electron chi connectivity index (χ4n) is 2.25. The summed E-state index contributed by atoms with van der Waals surface area (Å²) in [6.45, 7) is 1.32. The number of hydrogen-bond donors (Lipinski definition) is 3. The number of nitrogens with two attached hydrogens (primary N) is 1. The highest BCUT2D eigenvalue weighted by molar-refractivity contribution is 9.10. The number of rotatable bonds is 1.